The molecule has 2 saturated heterocycles. The molecule has 0 aliphatic carbocycles. The molecule has 0 saturated carbocycles. The summed E-state index contributed by atoms with van der Waals surface area (Å²) in [5, 5.41) is 0. The van der Waals surface area contributed by atoms with Crippen molar-refractivity contribution in [2.45, 2.75) is 37.5 Å². The third-order valence-electron chi connectivity index (χ3n) is 5.36. The van der Waals surface area contributed by atoms with Crippen molar-refractivity contribution in [3.05, 3.63) is 30.1 Å². The molecular formula is C18H29N3O2. The number of hydrogen-bond acceptors (Lipinski definition) is 5. The van der Waals surface area contributed by atoms with Crippen molar-refractivity contribution in [1.29, 1.82) is 0 Å². The summed E-state index contributed by atoms with van der Waals surface area (Å²) in [6, 6.07) is 4.71. The molecule has 1 unspecified atom stereocenters. The van der Waals surface area contributed by atoms with E-state index in [0.29, 0.717) is 6.04 Å². The SMILES string of the molecule is COCCN(C)C1COC2(CCN(Cc3cccnc3)CC2)C1. The Morgan fingerprint density at radius 1 is 1.43 bits per heavy atom. The van der Waals surface area contributed by atoms with Crippen molar-refractivity contribution in [3.8, 4) is 0 Å². The number of piperidine rings is 1. The number of likely N-dealkylation sites (N-methyl/N-ethyl adjacent to an activating group) is 1. The molecule has 0 aromatic carbocycles. The van der Waals surface area contributed by atoms with E-state index in [1.165, 1.54) is 5.56 Å². The van der Waals surface area contributed by atoms with Crippen LogP contribution in [0.25, 0.3) is 0 Å². The van der Waals surface area contributed by atoms with Crippen LogP contribution in [0.4, 0.5) is 0 Å². The first-order chi connectivity index (χ1) is 11.2. The summed E-state index contributed by atoms with van der Waals surface area (Å²) in [7, 11) is 3.95. The summed E-state index contributed by atoms with van der Waals surface area (Å²) in [5.74, 6) is 0. The number of hydrogen-bond donors (Lipinski definition) is 0. The van der Waals surface area contributed by atoms with Gasteiger partial charge < -0.3 is 9.47 Å². The average molecular weight is 319 g/mol. The van der Waals surface area contributed by atoms with Crippen molar-refractivity contribution in [2.24, 2.45) is 0 Å². The number of ether oxygens (including phenoxy) is 2. The summed E-state index contributed by atoms with van der Waals surface area (Å²) >= 11 is 0. The number of methoxy groups -OCH3 is 1. The Kier molecular flexibility index (Phi) is 5.64. The molecule has 23 heavy (non-hydrogen) atoms. The average Bonchev–Trinajstić information content (AvgIpc) is 3.00. The van der Waals surface area contributed by atoms with Crippen molar-refractivity contribution >= 4 is 0 Å². The molecule has 2 aliphatic rings. The summed E-state index contributed by atoms with van der Waals surface area (Å²) in [6.07, 6.45) is 7.25. The summed E-state index contributed by atoms with van der Waals surface area (Å²) < 4.78 is 11.5. The monoisotopic (exact) mass is 319 g/mol. The van der Waals surface area contributed by atoms with Gasteiger partial charge in [-0.05, 0) is 37.9 Å². The highest BCUT2D eigenvalue weighted by molar-refractivity contribution is 5.08. The molecule has 0 bridgehead atoms. The van der Waals surface area contributed by atoms with Crippen molar-refractivity contribution in [2.75, 3.05) is 47.0 Å². The zero-order valence-electron chi connectivity index (χ0n) is 14.4. The molecule has 3 heterocycles. The number of pyridine rings is 1. The molecular weight excluding hydrogens is 290 g/mol. The highest BCUT2D eigenvalue weighted by atomic mass is 16.5. The predicted octanol–water partition coefficient (Wildman–Crippen LogP) is 1.78. The van der Waals surface area contributed by atoms with Gasteiger partial charge in [-0.15, -0.1) is 0 Å². The maximum Gasteiger partial charge on any atom is 0.0723 e. The summed E-state index contributed by atoms with van der Waals surface area (Å²) in [5.41, 5.74) is 1.41. The van der Waals surface area contributed by atoms with Gasteiger partial charge in [0.05, 0.1) is 18.8 Å². The Bertz CT molecular complexity index is 474. The molecule has 0 amide bonds. The van der Waals surface area contributed by atoms with Gasteiger partial charge in [-0.3, -0.25) is 14.8 Å². The fourth-order valence-corrected chi connectivity index (χ4v) is 3.74. The van der Waals surface area contributed by atoms with Gasteiger partial charge in [0.2, 0.25) is 0 Å². The fourth-order valence-electron chi connectivity index (χ4n) is 3.74. The minimum absolute atomic E-state index is 0.109. The van der Waals surface area contributed by atoms with E-state index in [0.717, 1.165) is 58.7 Å². The fraction of sp³-hybridized carbons (Fsp3) is 0.722. The van der Waals surface area contributed by atoms with Gasteiger partial charge >= 0.3 is 0 Å². The van der Waals surface area contributed by atoms with Crippen molar-refractivity contribution < 1.29 is 9.47 Å². The smallest absolute Gasteiger partial charge is 0.0723 e. The second kappa shape index (κ2) is 7.71. The van der Waals surface area contributed by atoms with Gasteiger partial charge in [0.1, 0.15) is 0 Å². The molecule has 128 valence electrons. The maximum atomic E-state index is 6.27. The van der Waals surface area contributed by atoms with Crippen molar-refractivity contribution in [3.63, 3.8) is 0 Å². The largest absolute Gasteiger partial charge is 0.383 e. The Morgan fingerprint density at radius 3 is 2.96 bits per heavy atom. The summed E-state index contributed by atoms with van der Waals surface area (Å²) in [6.45, 7) is 5.86. The highest BCUT2D eigenvalue weighted by Crippen LogP contribution is 2.37. The van der Waals surface area contributed by atoms with E-state index in [1.807, 2.05) is 18.5 Å². The number of likely N-dealkylation sites (tertiary alicyclic amines) is 1. The third kappa shape index (κ3) is 4.29. The molecule has 5 nitrogen and oxygen atoms in total. The van der Waals surface area contributed by atoms with Crippen LogP contribution >= 0.6 is 0 Å². The maximum absolute atomic E-state index is 6.27. The molecule has 1 aromatic rings. The molecule has 0 radical (unpaired) electrons. The molecule has 0 N–H and O–H groups in total. The molecule has 1 spiro atoms. The van der Waals surface area contributed by atoms with Gasteiger partial charge in [-0.1, -0.05) is 6.07 Å². The quantitative estimate of drug-likeness (QED) is 0.799. The Morgan fingerprint density at radius 2 is 2.26 bits per heavy atom. The number of rotatable bonds is 6. The topological polar surface area (TPSA) is 37.8 Å². The Balaban J connectivity index is 1.47. The zero-order chi connectivity index (χ0) is 16.1. The van der Waals surface area contributed by atoms with Crippen LogP contribution in [0.3, 0.4) is 0 Å². The lowest BCUT2D eigenvalue weighted by Crippen LogP contribution is -2.44. The summed E-state index contributed by atoms with van der Waals surface area (Å²) in [4.78, 5) is 9.12. The van der Waals surface area contributed by atoms with Gasteiger partial charge in [0.25, 0.3) is 0 Å². The minimum atomic E-state index is 0.109. The van der Waals surface area contributed by atoms with E-state index in [2.05, 4.69) is 27.9 Å². The minimum Gasteiger partial charge on any atom is -0.383 e. The highest BCUT2D eigenvalue weighted by Gasteiger charge is 2.43. The Hall–Kier alpha value is -1.01. The van der Waals surface area contributed by atoms with Crippen LogP contribution < -0.4 is 0 Å². The number of aromatic nitrogens is 1. The number of nitrogens with zero attached hydrogens (tertiary/aromatic N) is 3. The lowest BCUT2D eigenvalue weighted by atomic mass is 9.87. The van der Waals surface area contributed by atoms with Crippen LogP contribution in [0.1, 0.15) is 24.8 Å². The molecule has 5 heteroatoms. The van der Waals surface area contributed by atoms with Crippen LogP contribution in [0, 0.1) is 0 Å². The first-order valence-corrected chi connectivity index (χ1v) is 8.65. The molecule has 1 aromatic heterocycles. The molecule has 2 fully saturated rings. The van der Waals surface area contributed by atoms with Gasteiger partial charge in [-0.25, -0.2) is 0 Å². The third-order valence-corrected chi connectivity index (χ3v) is 5.36. The molecule has 3 rings (SSSR count). The van der Waals surface area contributed by atoms with Crippen LogP contribution in [0.2, 0.25) is 0 Å². The predicted molar refractivity (Wildman–Crippen MR) is 90.3 cm³/mol. The zero-order valence-corrected chi connectivity index (χ0v) is 14.4. The molecule has 2 aliphatic heterocycles. The Labute approximate surface area is 139 Å². The first kappa shape index (κ1) is 16.8. The lowest BCUT2D eigenvalue weighted by molar-refractivity contribution is -0.0452. The second-order valence-electron chi connectivity index (χ2n) is 6.96. The van der Waals surface area contributed by atoms with Crippen LogP contribution in [0.15, 0.2) is 24.5 Å². The van der Waals surface area contributed by atoms with Crippen LogP contribution in [-0.4, -0.2) is 73.4 Å². The van der Waals surface area contributed by atoms with Gasteiger partial charge in [0, 0.05) is 51.7 Å². The van der Waals surface area contributed by atoms with Crippen LogP contribution in [-0.2, 0) is 16.0 Å². The molecule has 1 atom stereocenters. The van der Waals surface area contributed by atoms with E-state index >= 15 is 0 Å². The van der Waals surface area contributed by atoms with E-state index in [4.69, 9.17) is 9.47 Å². The lowest BCUT2D eigenvalue weighted by Gasteiger charge is -2.39. The van der Waals surface area contributed by atoms with Gasteiger partial charge in [-0.2, -0.15) is 0 Å². The normalized spacial score (nSPS) is 24.6. The van der Waals surface area contributed by atoms with E-state index in [-0.39, 0.29) is 5.60 Å². The second-order valence-corrected chi connectivity index (χ2v) is 6.96. The van der Waals surface area contributed by atoms with E-state index in [1.54, 1.807) is 7.11 Å². The standard InChI is InChI=1S/C18H29N3O2/c1-20(10-11-22-2)17-12-18(23-15-17)5-8-21(9-6-18)14-16-4-3-7-19-13-16/h3-4,7,13,17H,5-6,8-12,14-15H2,1-2H3. The van der Waals surface area contributed by atoms with Gasteiger partial charge in [0.15, 0.2) is 0 Å². The first-order valence-electron chi connectivity index (χ1n) is 8.65. The van der Waals surface area contributed by atoms with Crippen LogP contribution in [0.5, 0.6) is 0 Å². The van der Waals surface area contributed by atoms with E-state index in [9.17, 15) is 0 Å². The van der Waals surface area contributed by atoms with Crippen molar-refractivity contribution in [1.82, 2.24) is 14.8 Å². The van der Waals surface area contributed by atoms with E-state index < -0.39 is 0 Å².